The number of methoxy groups -OCH3 is 1. The number of halogens is 2. The van der Waals surface area contributed by atoms with Crippen molar-refractivity contribution in [1.82, 2.24) is 9.97 Å². The summed E-state index contributed by atoms with van der Waals surface area (Å²) in [5.41, 5.74) is 1.49. The Morgan fingerprint density at radius 2 is 2.00 bits per heavy atom. The predicted molar refractivity (Wildman–Crippen MR) is 80.2 cm³/mol. The van der Waals surface area contributed by atoms with Gasteiger partial charge in [-0.3, -0.25) is 4.79 Å². The van der Waals surface area contributed by atoms with Crippen LogP contribution in [0.15, 0.2) is 35.6 Å². The van der Waals surface area contributed by atoms with Crippen molar-refractivity contribution in [3.63, 3.8) is 0 Å². The SMILES string of the molecule is COC(=O)CSc1nccc(-c2cc(Cl)cc(Cl)c2)n1. The van der Waals surface area contributed by atoms with Crippen LogP contribution in [-0.4, -0.2) is 28.8 Å². The van der Waals surface area contributed by atoms with Gasteiger partial charge in [0, 0.05) is 21.8 Å². The number of ether oxygens (including phenoxy) is 1. The molecule has 1 aromatic carbocycles. The third-order valence-electron chi connectivity index (χ3n) is 2.34. The minimum Gasteiger partial charge on any atom is -0.468 e. The Morgan fingerprint density at radius 3 is 2.65 bits per heavy atom. The van der Waals surface area contributed by atoms with Gasteiger partial charge in [-0.2, -0.15) is 0 Å². The normalized spacial score (nSPS) is 10.3. The molecular weight excluding hydrogens is 319 g/mol. The van der Waals surface area contributed by atoms with E-state index in [0.29, 0.717) is 20.9 Å². The van der Waals surface area contributed by atoms with E-state index < -0.39 is 0 Å². The average Bonchev–Trinajstić information content (AvgIpc) is 2.44. The van der Waals surface area contributed by atoms with Gasteiger partial charge in [-0.05, 0) is 24.3 Å². The van der Waals surface area contributed by atoms with Gasteiger partial charge in [0.05, 0.1) is 18.6 Å². The monoisotopic (exact) mass is 328 g/mol. The molecule has 104 valence electrons. The highest BCUT2D eigenvalue weighted by atomic mass is 35.5. The third kappa shape index (κ3) is 4.10. The molecule has 0 amide bonds. The number of benzene rings is 1. The molecule has 0 aliphatic heterocycles. The van der Waals surface area contributed by atoms with Crippen molar-refractivity contribution in [3.05, 3.63) is 40.5 Å². The van der Waals surface area contributed by atoms with Crippen molar-refractivity contribution in [2.75, 3.05) is 12.9 Å². The molecule has 4 nitrogen and oxygen atoms in total. The molecule has 0 aliphatic carbocycles. The fourth-order valence-electron chi connectivity index (χ4n) is 1.46. The smallest absolute Gasteiger partial charge is 0.316 e. The van der Waals surface area contributed by atoms with Crippen molar-refractivity contribution in [1.29, 1.82) is 0 Å². The van der Waals surface area contributed by atoms with Gasteiger partial charge >= 0.3 is 5.97 Å². The predicted octanol–water partition coefficient (Wildman–Crippen LogP) is 3.72. The molecule has 0 spiro atoms. The van der Waals surface area contributed by atoms with E-state index in [9.17, 15) is 4.79 Å². The molecule has 0 fully saturated rings. The lowest BCUT2D eigenvalue weighted by Crippen LogP contribution is -2.03. The van der Waals surface area contributed by atoms with Crippen LogP contribution in [0.2, 0.25) is 10.0 Å². The summed E-state index contributed by atoms with van der Waals surface area (Å²) in [5.74, 6) is -0.161. The number of thioether (sulfide) groups is 1. The molecule has 1 heterocycles. The molecule has 2 rings (SSSR count). The first-order valence-corrected chi connectivity index (χ1v) is 7.32. The summed E-state index contributed by atoms with van der Waals surface area (Å²) < 4.78 is 4.57. The Balaban J connectivity index is 2.22. The quantitative estimate of drug-likeness (QED) is 0.486. The maximum atomic E-state index is 11.1. The molecule has 0 unspecified atom stereocenters. The van der Waals surface area contributed by atoms with E-state index in [1.165, 1.54) is 18.9 Å². The summed E-state index contributed by atoms with van der Waals surface area (Å²) in [4.78, 5) is 19.5. The number of carbonyl (C=O) groups is 1. The molecule has 1 aromatic heterocycles. The molecule has 2 aromatic rings. The molecule has 0 atom stereocenters. The lowest BCUT2D eigenvalue weighted by Gasteiger charge is -2.04. The van der Waals surface area contributed by atoms with Gasteiger partial charge in [-0.25, -0.2) is 9.97 Å². The molecule has 20 heavy (non-hydrogen) atoms. The summed E-state index contributed by atoms with van der Waals surface area (Å²) in [7, 11) is 1.34. The number of hydrogen-bond acceptors (Lipinski definition) is 5. The van der Waals surface area contributed by atoms with Crippen LogP contribution in [0.4, 0.5) is 0 Å². The molecule has 0 N–H and O–H groups in total. The maximum Gasteiger partial charge on any atom is 0.316 e. The van der Waals surface area contributed by atoms with Crippen molar-refractivity contribution in [3.8, 4) is 11.3 Å². The van der Waals surface area contributed by atoms with Crippen molar-refractivity contribution < 1.29 is 9.53 Å². The average molecular weight is 329 g/mol. The lowest BCUT2D eigenvalue weighted by atomic mass is 10.1. The zero-order chi connectivity index (χ0) is 14.5. The van der Waals surface area contributed by atoms with Gasteiger partial charge < -0.3 is 4.74 Å². The summed E-state index contributed by atoms with van der Waals surface area (Å²) in [6, 6.07) is 6.94. The number of aromatic nitrogens is 2. The number of nitrogens with zero attached hydrogens (tertiary/aromatic N) is 2. The number of hydrogen-bond donors (Lipinski definition) is 0. The molecule has 0 saturated carbocycles. The van der Waals surface area contributed by atoms with Crippen molar-refractivity contribution in [2.24, 2.45) is 0 Å². The highest BCUT2D eigenvalue weighted by Crippen LogP contribution is 2.26. The standard InChI is InChI=1S/C13H10Cl2N2O2S/c1-19-12(18)7-20-13-16-3-2-11(17-13)8-4-9(14)6-10(15)5-8/h2-6H,7H2,1H3. The zero-order valence-corrected chi connectivity index (χ0v) is 12.8. The Kier molecular flexibility index (Phi) is 5.23. The van der Waals surface area contributed by atoms with Crippen molar-refractivity contribution in [2.45, 2.75) is 5.16 Å². The zero-order valence-electron chi connectivity index (χ0n) is 10.5. The molecule has 0 bridgehead atoms. The first-order valence-electron chi connectivity index (χ1n) is 5.57. The molecule has 0 radical (unpaired) electrons. The van der Waals surface area contributed by atoms with Crippen LogP contribution in [-0.2, 0) is 9.53 Å². The Labute approximate surface area is 130 Å². The van der Waals surface area contributed by atoms with E-state index in [4.69, 9.17) is 23.2 Å². The van der Waals surface area contributed by atoms with E-state index >= 15 is 0 Å². The Hall–Kier alpha value is -1.30. The number of esters is 1. The highest BCUT2D eigenvalue weighted by Gasteiger charge is 2.07. The minimum atomic E-state index is -0.324. The lowest BCUT2D eigenvalue weighted by molar-refractivity contribution is -0.137. The summed E-state index contributed by atoms with van der Waals surface area (Å²) in [5, 5.41) is 1.56. The summed E-state index contributed by atoms with van der Waals surface area (Å²) >= 11 is 13.1. The van der Waals surface area contributed by atoms with Gasteiger partial charge in [-0.1, -0.05) is 35.0 Å². The van der Waals surface area contributed by atoms with Crippen LogP contribution in [0.5, 0.6) is 0 Å². The van der Waals surface area contributed by atoms with E-state index in [-0.39, 0.29) is 11.7 Å². The Bertz CT molecular complexity index is 617. The topological polar surface area (TPSA) is 52.1 Å². The largest absolute Gasteiger partial charge is 0.468 e. The van der Waals surface area contributed by atoms with Gasteiger partial charge in [0.15, 0.2) is 5.16 Å². The van der Waals surface area contributed by atoms with Gasteiger partial charge in [0.1, 0.15) is 0 Å². The Morgan fingerprint density at radius 1 is 1.30 bits per heavy atom. The van der Waals surface area contributed by atoms with Gasteiger partial charge in [-0.15, -0.1) is 0 Å². The fraction of sp³-hybridized carbons (Fsp3) is 0.154. The van der Waals surface area contributed by atoms with Crippen LogP contribution < -0.4 is 0 Å². The first kappa shape index (κ1) is 15.1. The second-order valence-electron chi connectivity index (χ2n) is 3.75. The molecule has 0 saturated heterocycles. The van der Waals surface area contributed by atoms with E-state index in [2.05, 4.69) is 14.7 Å². The van der Waals surface area contributed by atoms with Crippen LogP contribution in [0, 0.1) is 0 Å². The van der Waals surface area contributed by atoms with E-state index in [1.54, 1.807) is 30.5 Å². The van der Waals surface area contributed by atoms with Gasteiger partial charge in [0.2, 0.25) is 0 Å². The van der Waals surface area contributed by atoms with Crippen molar-refractivity contribution >= 4 is 40.9 Å². The van der Waals surface area contributed by atoms with Crippen LogP contribution in [0.25, 0.3) is 11.3 Å². The van der Waals surface area contributed by atoms with Gasteiger partial charge in [0.25, 0.3) is 0 Å². The fourth-order valence-corrected chi connectivity index (χ4v) is 2.64. The second kappa shape index (κ2) is 6.92. The summed E-state index contributed by atoms with van der Waals surface area (Å²) in [6.07, 6.45) is 1.62. The molecule has 7 heteroatoms. The second-order valence-corrected chi connectivity index (χ2v) is 5.56. The highest BCUT2D eigenvalue weighted by molar-refractivity contribution is 7.99. The van der Waals surface area contributed by atoms with E-state index in [0.717, 1.165) is 5.56 Å². The summed E-state index contributed by atoms with van der Waals surface area (Å²) in [6.45, 7) is 0. The number of carbonyl (C=O) groups excluding carboxylic acids is 1. The molecular formula is C13H10Cl2N2O2S. The maximum absolute atomic E-state index is 11.1. The third-order valence-corrected chi connectivity index (χ3v) is 3.61. The van der Waals surface area contributed by atoms with E-state index in [1.807, 2.05) is 0 Å². The molecule has 0 aliphatic rings. The van der Waals surface area contributed by atoms with Crippen LogP contribution in [0.1, 0.15) is 0 Å². The van der Waals surface area contributed by atoms with Crippen LogP contribution in [0.3, 0.4) is 0 Å². The number of rotatable bonds is 4. The first-order chi connectivity index (χ1) is 9.58. The van der Waals surface area contributed by atoms with Crippen LogP contribution >= 0.6 is 35.0 Å². The minimum absolute atomic E-state index is 0.163.